The fourth-order valence-electron chi connectivity index (χ4n) is 3.58. The molecular formula is C23H25N3O2S2. The molecule has 2 aliphatic rings. The molecule has 2 aliphatic heterocycles. The summed E-state index contributed by atoms with van der Waals surface area (Å²) in [6, 6.07) is 11.9. The molecule has 1 fully saturated rings. The third-order valence-electron chi connectivity index (χ3n) is 5.30. The maximum atomic E-state index is 13.2. The van der Waals surface area contributed by atoms with Gasteiger partial charge < -0.3 is 10.0 Å². The van der Waals surface area contributed by atoms with E-state index in [0.29, 0.717) is 22.4 Å². The van der Waals surface area contributed by atoms with Crippen molar-refractivity contribution in [2.24, 2.45) is 4.99 Å². The smallest absolute Gasteiger partial charge is 0.269 e. The van der Waals surface area contributed by atoms with Gasteiger partial charge in [-0.3, -0.25) is 9.69 Å². The predicted molar refractivity (Wildman–Crippen MR) is 127 cm³/mol. The highest BCUT2D eigenvalue weighted by molar-refractivity contribution is 8.19. The number of carbonyl (C=O) groups excluding carboxylic acids is 1. The topological polar surface area (TPSA) is 56.1 Å². The minimum atomic E-state index is -0.0103. The number of rotatable bonds is 3. The maximum Gasteiger partial charge on any atom is 0.269 e. The number of hydrogen-bond acceptors (Lipinski definition) is 6. The number of fused-ring (bicyclic) bond motifs is 1. The van der Waals surface area contributed by atoms with Gasteiger partial charge in [0.1, 0.15) is 10.7 Å². The largest absolute Gasteiger partial charge is 0.508 e. The Morgan fingerprint density at radius 2 is 1.90 bits per heavy atom. The summed E-state index contributed by atoms with van der Waals surface area (Å²) in [5, 5.41) is 11.9. The fourth-order valence-corrected chi connectivity index (χ4v) is 5.98. The van der Waals surface area contributed by atoms with E-state index in [1.165, 1.54) is 11.8 Å². The van der Waals surface area contributed by atoms with E-state index < -0.39 is 0 Å². The van der Waals surface area contributed by atoms with Gasteiger partial charge in [-0.1, -0.05) is 37.7 Å². The molecule has 2 aromatic carbocycles. The van der Waals surface area contributed by atoms with E-state index >= 15 is 0 Å². The van der Waals surface area contributed by atoms with Gasteiger partial charge in [0.15, 0.2) is 5.17 Å². The summed E-state index contributed by atoms with van der Waals surface area (Å²) < 4.78 is 0. The number of nitrogens with zero attached hydrogens (tertiary/aromatic N) is 3. The van der Waals surface area contributed by atoms with Crippen molar-refractivity contribution in [2.75, 3.05) is 18.5 Å². The minimum Gasteiger partial charge on any atom is -0.508 e. The number of aliphatic imine (C=N–C) groups is 1. The first kappa shape index (κ1) is 20.9. The summed E-state index contributed by atoms with van der Waals surface area (Å²) in [7, 11) is 2.00. The van der Waals surface area contributed by atoms with Gasteiger partial charge in [0.25, 0.3) is 5.91 Å². The molecule has 30 heavy (non-hydrogen) atoms. The zero-order valence-corrected chi connectivity index (χ0v) is 19.4. The number of benzene rings is 2. The van der Waals surface area contributed by atoms with Crippen molar-refractivity contribution in [3.8, 4) is 5.75 Å². The van der Waals surface area contributed by atoms with Crippen LogP contribution < -0.4 is 4.90 Å². The number of anilines is 1. The zero-order chi connectivity index (χ0) is 21.6. The van der Waals surface area contributed by atoms with Gasteiger partial charge in [0.05, 0.1) is 16.4 Å². The summed E-state index contributed by atoms with van der Waals surface area (Å²) in [5.74, 6) is 0.465. The van der Waals surface area contributed by atoms with Crippen LogP contribution in [0.5, 0.6) is 5.75 Å². The number of phenolic OH excluding ortho intramolecular Hbond substituents is 1. The summed E-state index contributed by atoms with van der Waals surface area (Å²) in [5.41, 5.74) is 3.64. The second-order valence-electron chi connectivity index (χ2n) is 7.66. The molecule has 5 nitrogen and oxygen atoms in total. The van der Waals surface area contributed by atoms with Gasteiger partial charge >= 0.3 is 0 Å². The summed E-state index contributed by atoms with van der Waals surface area (Å²) in [6.07, 6.45) is 0. The van der Waals surface area contributed by atoms with Gasteiger partial charge in [0.2, 0.25) is 0 Å². The normalized spacial score (nSPS) is 20.1. The van der Waals surface area contributed by atoms with Crippen molar-refractivity contribution < 1.29 is 9.90 Å². The quantitative estimate of drug-likeness (QED) is 0.611. The Balaban J connectivity index is 1.75. The summed E-state index contributed by atoms with van der Waals surface area (Å²) >= 11 is 3.05. The van der Waals surface area contributed by atoms with Crippen molar-refractivity contribution in [3.05, 3.63) is 57.5 Å². The number of aryl methyl sites for hydroxylation is 1. The standard InChI is InChI=1S/C23H25N3O2S2/c1-6-26-21(28)20(22-25(5)17-9-7-8-10-19(17)29-22)30-23(26)24-16-12-15(13(2)3)18(27)11-14(16)4/h7-13,27H,6H2,1-5H3. The molecular weight excluding hydrogens is 414 g/mol. The van der Waals surface area contributed by atoms with E-state index in [9.17, 15) is 9.90 Å². The van der Waals surface area contributed by atoms with Gasteiger partial charge in [-0.25, -0.2) is 4.99 Å². The lowest BCUT2D eigenvalue weighted by Crippen LogP contribution is -2.29. The van der Waals surface area contributed by atoms with Crippen LogP contribution in [0.3, 0.4) is 0 Å². The lowest BCUT2D eigenvalue weighted by atomic mass is 9.99. The molecule has 0 unspecified atom stereocenters. The van der Waals surface area contributed by atoms with Crippen LogP contribution in [-0.4, -0.2) is 34.7 Å². The molecule has 0 aliphatic carbocycles. The Hall–Kier alpha value is -2.38. The third-order valence-corrected chi connectivity index (χ3v) is 7.73. The molecule has 0 bridgehead atoms. The molecule has 156 valence electrons. The van der Waals surface area contributed by atoms with E-state index in [4.69, 9.17) is 4.99 Å². The van der Waals surface area contributed by atoms with E-state index in [0.717, 1.165) is 32.4 Å². The molecule has 1 N–H and O–H groups in total. The molecule has 0 atom stereocenters. The first-order valence-electron chi connectivity index (χ1n) is 9.98. The maximum absolute atomic E-state index is 13.2. The fraction of sp³-hybridized carbons (Fsp3) is 0.304. The Morgan fingerprint density at radius 1 is 1.17 bits per heavy atom. The van der Waals surface area contributed by atoms with Gasteiger partial charge in [0, 0.05) is 18.5 Å². The summed E-state index contributed by atoms with van der Waals surface area (Å²) in [4.78, 5) is 23.7. The first-order valence-corrected chi connectivity index (χ1v) is 11.6. The molecule has 0 aromatic heterocycles. The molecule has 1 saturated heterocycles. The van der Waals surface area contributed by atoms with Crippen molar-refractivity contribution in [2.45, 2.75) is 38.5 Å². The number of amides is 1. The lowest BCUT2D eigenvalue weighted by molar-refractivity contribution is -0.122. The van der Waals surface area contributed by atoms with Crippen molar-refractivity contribution in [1.82, 2.24) is 4.90 Å². The van der Waals surface area contributed by atoms with Crippen LogP contribution in [0.1, 0.15) is 37.8 Å². The van der Waals surface area contributed by atoms with E-state index in [1.54, 1.807) is 22.7 Å². The molecule has 2 aromatic rings. The SMILES string of the molecule is CCN1C(=O)C(=C2Sc3ccccc3N2C)SC1=Nc1cc(C(C)C)c(O)cc1C. The molecule has 4 rings (SSSR count). The van der Waals surface area contributed by atoms with Crippen LogP contribution in [-0.2, 0) is 4.79 Å². The first-order chi connectivity index (χ1) is 14.3. The number of phenols is 1. The van der Waals surface area contributed by atoms with Crippen LogP contribution in [0.15, 0.2) is 56.2 Å². The molecule has 0 radical (unpaired) electrons. The molecule has 1 amide bonds. The van der Waals surface area contributed by atoms with Gasteiger partial charge in [-0.15, -0.1) is 0 Å². The number of amidine groups is 1. The molecule has 2 heterocycles. The molecule has 7 heteroatoms. The third kappa shape index (κ3) is 3.50. The van der Waals surface area contributed by atoms with Crippen LogP contribution in [0.25, 0.3) is 0 Å². The Morgan fingerprint density at radius 3 is 2.57 bits per heavy atom. The molecule has 0 saturated carbocycles. The Kier molecular flexibility index (Phi) is 5.59. The number of carbonyl (C=O) groups is 1. The van der Waals surface area contributed by atoms with E-state index in [1.807, 2.05) is 52.9 Å². The second kappa shape index (κ2) is 8.04. The molecule has 0 spiro atoms. The monoisotopic (exact) mass is 439 g/mol. The predicted octanol–water partition coefficient (Wildman–Crippen LogP) is 5.82. The van der Waals surface area contributed by atoms with Crippen molar-refractivity contribution >= 4 is 46.0 Å². The Bertz CT molecular complexity index is 1090. The Labute approximate surface area is 185 Å². The van der Waals surface area contributed by atoms with Crippen LogP contribution in [0.2, 0.25) is 0 Å². The number of aromatic hydroxyl groups is 1. The lowest BCUT2D eigenvalue weighted by Gasteiger charge is -2.15. The average Bonchev–Trinajstić information content (AvgIpc) is 3.20. The van der Waals surface area contributed by atoms with Crippen LogP contribution in [0.4, 0.5) is 11.4 Å². The van der Waals surface area contributed by atoms with Gasteiger partial charge in [-0.05, 0) is 66.9 Å². The number of thioether (sulfide) groups is 2. The van der Waals surface area contributed by atoms with E-state index in [-0.39, 0.29) is 11.8 Å². The second-order valence-corrected chi connectivity index (χ2v) is 9.67. The van der Waals surface area contributed by atoms with Gasteiger partial charge in [-0.2, -0.15) is 0 Å². The highest BCUT2D eigenvalue weighted by Gasteiger charge is 2.38. The highest BCUT2D eigenvalue weighted by atomic mass is 32.2. The number of hydrogen-bond donors (Lipinski definition) is 1. The average molecular weight is 440 g/mol. The minimum absolute atomic E-state index is 0.0103. The van der Waals surface area contributed by atoms with Crippen molar-refractivity contribution in [3.63, 3.8) is 0 Å². The zero-order valence-electron chi connectivity index (χ0n) is 17.8. The highest BCUT2D eigenvalue weighted by Crippen LogP contribution is 2.50. The van der Waals surface area contributed by atoms with Crippen LogP contribution in [0, 0.1) is 6.92 Å². The number of para-hydroxylation sites is 1. The number of likely N-dealkylation sites (N-methyl/N-ethyl adjacent to an activating group) is 1. The van der Waals surface area contributed by atoms with E-state index in [2.05, 4.69) is 17.0 Å². The van der Waals surface area contributed by atoms with Crippen molar-refractivity contribution in [1.29, 1.82) is 0 Å². The summed E-state index contributed by atoms with van der Waals surface area (Å²) in [6.45, 7) is 8.53. The van der Waals surface area contributed by atoms with Crippen LogP contribution >= 0.6 is 23.5 Å².